The molecule has 0 bridgehead atoms. The zero-order chi connectivity index (χ0) is 14.2. The number of nitrogens with zero attached hydrogens (tertiary/aromatic N) is 1. The smallest absolute Gasteiger partial charge is 0.225 e. The van der Waals surface area contributed by atoms with Gasteiger partial charge in [-0.3, -0.25) is 4.79 Å². The molecule has 3 heteroatoms. The Bertz CT molecular complexity index is 358. The highest BCUT2D eigenvalue weighted by Gasteiger charge is 2.58. The lowest BCUT2D eigenvalue weighted by Crippen LogP contribution is -2.66. The summed E-state index contributed by atoms with van der Waals surface area (Å²) in [5.74, 6) is 0.730. The molecule has 3 saturated carbocycles. The number of carbonyl (C=O) groups excluding carboxylic acids is 1. The molecule has 3 aliphatic rings. The molecule has 2 atom stereocenters. The maximum absolute atomic E-state index is 12.5. The van der Waals surface area contributed by atoms with Gasteiger partial charge in [0.05, 0.1) is 6.10 Å². The predicted octanol–water partition coefficient (Wildman–Crippen LogP) is 3.37. The van der Waals surface area contributed by atoms with Crippen LogP contribution in [0.1, 0.15) is 64.7 Å². The lowest BCUT2D eigenvalue weighted by molar-refractivity contribution is -0.188. The van der Waals surface area contributed by atoms with E-state index in [1.807, 2.05) is 7.05 Å². The highest BCUT2D eigenvalue weighted by atomic mass is 16.5. The van der Waals surface area contributed by atoms with Gasteiger partial charge in [0, 0.05) is 31.0 Å². The first-order valence-electron chi connectivity index (χ1n) is 8.57. The van der Waals surface area contributed by atoms with Crippen LogP contribution in [0.5, 0.6) is 0 Å². The Hall–Kier alpha value is -0.570. The third-order valence-corrected chi connectivity index (χ3v) is 6.16. The monoisotopic (exact) mass is 279 g/mol. The fraction of sp³-hybridized carbons (Fsp3) is 0.941. The Morgan fingerprint density at radius 3 is 2.45 bits per heavy atom. The molecule has 0 aromatic carbocycles. The number of hydrogen-bond donors (Lipinski definition) is 0. The van der Waals surface area contributed by atoms with Crippen molar-refractivity contribution in [1.29, 1.82) is 0 Å². The van der Waals surface area contributed by atoms with Crippen molar-refractivity contribution in [3.05, 3.63) is 0 Å². The molecule has 1 amide bonds. The van der Waals surface area contributed by atoms with Crippen LogP contribution in [0.3, 0.4) is 0 Å². The van der Waals surface area contributed by atoms with Crippen molar-refractivity contribution in [3.8, 4) is 0 Å². The molecule has 0 radical (unpaired) electrons. The normalized spacial score (nSPS) is 32.5. The first kappa shape index (κ1) is 14.4. The van der Waals surface area contributed by atoms with E-state index in [-0.39, 0.29) is 5.41 Å². The van der Waals surface area contributed by atoms with E-state index in [0.717, 1.165) is 25.9 Å². The molecule has 3 fully saturated rings. The standard InChI is InChI=1S/C17H29NO2/c1-3-20-15-12-14(17(15)10-5-4-6-11-17)18(2)16(19)13-8-7-9-13/h13-15H,3-12H2,1-2H3/t14-,15-/m1/s1. The van der Waals surface area contributed by atoms with Crippen LogP contribution in [-0.4, -0.2) is 36.6 Å². The summed E-state index contributed by atoms with van der Waals surface area (Å²) in [6, 6.07) is 0.437. The van der Waals surface area contributed by atoms with Crippen LogP contribution >= 0.6 is 0 Å². The van der Waals surface area contributed by atoms with E-state index in [0.29, 0.717) is 24.0 Å². The van der Waals surface area contributed by atoms with Gasteiger partial charge in [-0.05, 0) is 39.0 Å². The Balaban J connectivity index is 1.70. The number of carbonyl (C=O) groups is 1. The second kappa shape index (κ2) is 5.67. The van der Waals surface area contributed by atoms with E-state index in [9.17, 15) is 4.79 Å². The largest absolute Gasteiger partial charge is 0.378 e. The number of ether oxygens (including phenoxy) is 1. The Labute approximate surface area is 123 Å². The van der Waals surface area contributed by atoms with Crippen molar-refractivity contribution in [3.63, 3.8) is 0 Å². The van der Waals surface area contributed by atoms with Gasteiger partial charge in [-0.1, -0.05) is 25.7 Å². The second-order valence-corrected chi connectivity index (χ2v) is 7.07. The van der Waals surface area contributed by atoms with Gasteiger partial charge in [0.15, 0.2) is 0 Å². The molecule has 0 aliphatic heterocycles. The van der Waals surface area contributed by atoms with Gasteiger partial charge in [-0.25, -0.2) is 0 Å². The molecule has 0 heterocycles. The molecule has 3 rings (SSSR count). The lowest BCUT2D eigenvalue weighted by atomic mass is 9.54. The molecule has 20 heavy (non-hydrogen) atoms. The highest BCUT2D eigenvalue weighted by Crippen LogP contribution is 2.55. The second-order valence-electron chi connectivity index (χ2n) is 7.07. The van der Waals surface area contributed by atoms with E-state index >= 15 is 0 Å². The molecule has 3 nitrogen and oxygen atoms in total. The highest BCUT2D eigenvalue weighted by molar-refractivity contribution is 5.80. The van der Waals surface area contributed by atoms with Gasteiger partial charge in [-0.15, -0.1) is 0 Å². The van der Waals surface area contributed by atoms with E-state index in [4.69, 9.17) is 4.74 Å². The number of rotatable bonds is 4. The molecule has 0 N–H and O–H groups in total. The van der Waals surface area contributed by atoms with E-state index in [1.165, 1.54) is 38.5 Å². The first-order chi connectivity index (χ1) is 9.69. The molecule has 0 saturated heterocycles. The molecule has 0 unspecified atom stereocenters. The molecule has 114 valence electrons. The fourth-order valence-corrected chi connectivity index (χ4v) is 4.67. The molecule has 0 aromatic rings. The van der Waals surface area contributed by atoms with Crippen LogP contribution in [0.2, 0.25) is 0 Å². The van der Waals surface area contributed by atoms with Crippen LogP contribution < -0.4 is 0 Å². The summed E-state index contributed by atoms with van der Waals surface area (Å²) in [5, 5.41) is 0. The van der Waals surface area contributed by atoms with Crippen LogP contribution in [0.15, 0.2) is 0 Å². The zero-order valence-corrected chi connectivity index (χ0v) is 13.1. The van der Waals surface area contributed by atoms with Gasteiger partial charge in [0.2, 0.25) is 5.91 Å². The van der Waals surface area contributed by atoms with Gasteiger partial charge >= 0.3 is 0 Å². The summed E-state index contributed by atoms with van der Waals surface area (Å²) >= 11 is 0. The minimum atomic E-state index is 0.280. The van der Waals surface area contributed by atoms with Crippen LogP contribution in [-0.2, 0) is 9.53 Å². The fourth-order valence-electron chi connectivity index (χ4n) is 4.67. The summed E-state index contributed by atoms with van der Waals surface area (Å²) in [4.78, 5) is 14.6. The maximum atomic E-state index is 12.5. The quantitative estimate of drug-likeness (QED) is 0.789. The summed E-state index contributed by atoms with van der Waals surface area (Å²) in [6.07, 6.45) is 11.4. The summed E-state index contributed by atoms with van der Waals surface area (Å²) in [6.45, 7) is 2.90. The third kappa shape index (κ3) is 2.18. The van der Waals surface area contributed by atoms with Crippen molar-refractivity contribution < 1.29 is 9.53 Å². The molecular formula is C17H29NO2. The van der Waals surface area contributed by atoms with Crippen molar-refractivity contribution in [1.82, 2.24) is 4.90 Å². The van der Waals surface area contributed by atoms with Gasteiger partial charge in [0.25, 0.3) is 0 Å². The molecule has 3 aliphatic carbocycles. The van der Waals surface area contributed by atoms with Crippen LogP contribution in [0.4, 0.5) is 0 Å². The first-order valence-corrected chi connectivity index (χ1v) is 8.57. The number of amides is 1. The van der Waals surface area contributed by atoms with E-state index in [1.54, 1.807) is 0 Å². The summed E-state index contributed by atoms with van der Waals surface area (Å²) in [7, 11) is 2.05. The average Bonchev–Trinajstić information content (AvgIpc) is 2.41. The predicted molar refractivity (Wildman–Crippen MR) is 79.4 cm³/mol. The average molecular weight is 279 g/mol. The Kier molecular flexibility index (Phi) is 4.07. The van der Waals surface area contributed by atoms with E-state index in [2.05, 4.69) is 11.8 Å². The van der Waals surface area contributed by atoms with Crippen molar-refractivity contribution in [2.24, 2.45) is 11.3 Å². The minimum absolute atomic E-state index is 0.280. The van der Waals surface area contributed by atoms with Crippen molar-refractivity contribution >= 4 is 5.91 Å². The lowest BCUT2D eigenvalue weighted by Gasteiger charge is -2.60. The van der Waals surface area contributed by atoms with Crippen LogP contribution in [0, 0.1) is 11.3 Å². The van der Waals surface area contributed by atoms with Crippen molar-refractivity contribution in [2.75, 3.05) is 13.7 Å². The third-order valence-electron chi connectivity index (χ3n) is 6.16. The minimum Gasteiger partial charge on any atom is -0.378 e. The maximum Gasteiger partial charge on any atom is 0.225 e. The Morgan fingerprint density at radius 2 is 1.90 bits per heavy atom. The molecule has 1 spiro atoms. The van der Waals surface area contributed by atoms with Gasteiger partial charge in [-0.2, -0.15) is 0 Å². The Morgan fingerprint density at radius 1 is 1.20 bits per heavy atom. The topological polar surface area (TPSA) is 29.5 Å². The SMILES string of the molecule is CCO[C@@H]1C[C@@H](N(C)C(=O)C2CCC2)C12CCCCC2. The molecule has 0 aromatic heterocycles. The van der Waals surface area contributed by atoms with E-state index < -0.39 is 0 Å². The van der Waals surface area contributed by atoms with Gasteiger partial charge in [0.1, 0.15) is 0 Å². The summed E-state index contributed by atoms with van der Waals surface area (Å²) < 4.78 is 5.99. The van der Waals surface area contributed by atoms with Crippen molar-refractivity contribution in [2.45, 2.75) is 76.9 Å². The van der Waals surface area contributed by atoms with Gasteiger partial charge < -0.3 is 9.64 Å². The van der Waals surface area contributed by atoms with Crippen LogP contribution in [0.25, 0.3) is 0 Å². The molecular weight excluding hydrogens is 250 g/mol. The summed E-state index contributed by atoms with van der Waals surface area (Å²) in [5.41, 5.74) is 0.280. The zero-order valence-electron chi connectivity index (χ0n) is 13.1. The number of hydrogen-bond acceptors (Lipinski definition) is 2.